The van der Waals surface area contributed by atoms with Crippen molar-refractivity contribution in [1.82, 2.24) is 19.8 Å². The van der Waals surface area contributed by atoms with Gasteiger partial charge < -0.3 is 9.42 Å². The van der Waals surface area contributed by atoms with Crippen molar-refractivity contribution in [1.29, 1.82) is 0 Å². The smallest absolute Gasteiger partial charge is 0.276 e. The van der Waals surface area contributed by atoms with Crippen molar-refractivity contribution < 1.29 is 9.32 Å². The highest BCUT2D eigenvalue weighted by atomic mass is 16.5. The Hall–Kier alpha value is -2.11. The summed E-state index contributed by atoms with van der Waals surface area (Å²) in [5, 5.41) is 8.19. The minimum atomic E-state index is -0.0136. The van der Waals surface area contributed by atoms with E-state index < -0.39 is 0 Å². The fourth-order valence-electron chi connectivity index (χ4n) is 3.01. The van der Waals surface area contributed by atoms with Crippen LogP contribution in [0.4, 0.5) is 0 Å². The van der Waals surface area contributed by atoms with Crippen LogP contribution in [0.2, 0.25) is 0 Å². The molecule has 4 rings (SSSR count). The van der Waals surface area contributed by atoms with Crippen LogP contribution in [0.25, 0.3) is 0 Å². The molecule has 1 saturated heterocycles. The monoisotopic (exact) mass is 286 g/mol. The molecule has 1 atom stereocenters. The predicted octanol–water partition coefficient (Wildman–Crippen LogP) is 2.05. The summed E-state index contributed by atoms with van der Waals surface area (Å²) in [7, 11) is 0. The van der Waals surface area contributed by atoms with Gasteiger partial charge in [0.1, 0.15) is 5.76 Å². The SMILES string of the molecule is O=C(c1cc(C2CC2)on1)N1CCC[C@H]1Cn1cccn1. The first kappa shape index (κ1) is 12.6. The van der Waals surface area contributed by atoms with E-state index in [2.05, 4.69) is 10.3 Å². The third kappa shape index (κ3) is 2.46. The number of carbonyl (C=O) groups is 1. The second-order valence-electron chi connectivity index (χ2n) is 5.91. The molecule has 0 aromatic carbocycles. The topological polar surface area (TPSA) is 64.2 Å². The van der Waals surface area contributed by atoms with Crippen molar-refractivity contribution in [2.75, 3.05) is 6.54 Å². The van der Waals surface area contributed by atoms with Gasteiger partial charge in [-0.2, -0.15) is 5.10 Å². The lowest BCUT2D eigenvalue weighted by Crippen LogP contribution is -2.38. The fourth-order valence-corrected chi connectivity index (χ4v) is 3.01. The number of hydrogen-bond donors (Lipinski definition) is 0. The molecule has 0 radical (unpaired) electrons. The number of aromatic nitrogens is 3. The molecular weight excluding hydrogens is 268 g/mol. The van der Waals surface area contributed by atoms with Crippen molar-refractivity contribution in [3.8, 4) is 0 Å². The second-order valence-corrected chi connectivity index (χ2v) is 5.91. The van der Waals surface area contributed by atoms with Gasteiger partial charge in [0.25, 0.3) is 5.91 Å². The summed E-state index contributed by atoms with van der Waals surface area (Å²) in [6.07, 6.45) is 8.04. The predicted molar refractivity (Wildman–Crippen MR) is 74.8 cm³/mol. The standard InChI is InChI=1S/C15H18N4O2/c20-15(13-9-14(21-17-13)11-4-5-11)19-8-1-3-12(19)10-18-7-2-6-16-18/h2,6-7,9,11-12H,1,3-5,8,10H2/t12-/m0/s1. The Morgan fingerprint density at radius 1 is 1.38 bits per heavy atom. The van der Waals surface area contributed by atoms with Crippen LogP contribution in [-0.2, 0) is 6.54 Å². The highest BCUT2D eigenvalue weighted by Crippen LogP contribution is 2.40. The van der Waals surface area contributed by atoms with Gasteiger partial charge in [0.05, 0.1) is 12.6 Å². The van der Waals surface area contributed by atoms with Gasteiger partial charge in [0.2, 0.25) is 0 Å². The van der Waals surface area contributed by atoms with E-state index in [1.54, 1.807) is 6.20 Å². The van der Waals surface area contributed by atoms with E-state index in [9.17, 15) is 4.79 Å². The Balaban J connectivity index is 1.48. The van der Waals surface area contributed by atoms with Crippen molar-refractivity contribution in [2.45, 2.75) is 44.2 Å². The molecule has 0 spiro atoms. The van der Waals surface area contributed by atoms with Gasteiger partial charge in [-0.3, -0.25) is 9.48 Å². The Morgan fingerprint density at radius 2 is 2.29 bits per heavy atom. The molecule has 6 nitrogen and oxygen atoms in total. The van der Waals surface area contributed by atoms with Crippen LogP contribution in [0.1, 0.15) is 47.8 Å². The summed E-state index contributed by atoms with van der Waals surface area (Å²) < 4.78 is 7.18. The van der Waals surface area contributed by atoms with Gasteiger partial charge in [-0.05, 0) is 31.7 Å². The Kier molecular flexibility index (Phi) is 3.02. The first-order valence-corrected chi connectivity index (χ1v) is 7.56. The van der Waals surface area contributed by atoms with Crippen molar-refractivity contribution in [3.05, 3.63) is 36.0 Å². The van der Waals surface area contributed by atoms with Gasteiger partial charge >= 0.3 is 0 Å². The van der Waals surface area contributed by atoms with Gasteiger partial charge in [-0.25, -0.2) is 0 Å². The van der Waals surface area contributed by atoms with E-state index in [4.69, 9.17) is 4.52 Å². The Labute approximate surface area is 122 Å². The lowest BCUT2D eigenvalue weighted by Gasteiger charge is -2.23. The molecule has 1 amide bonds. The largest absolute Gasteiger partial charge is 0.360 e. The average Bonchev–Trinajstić information content (AvgIpc) is 2.96. The zero-order valence-corrected chi connectivity index (χ0v) is 11.8. The zero-order chi connectivity index (χ0) is 14.2. The molecule has 110 valence electrons. The van der Waals surface area contributed by atoms with Crippen LogP contribution >= 0.6 is 0 Å². The van der Waals surface area contributed by atoms with E-state index in [1.165, 1.54) is 0 Å². The molecule has 1 aliphatic heterocycles. The number of rotatable bonds is 4. The minimum Gasteiger partial charge on any atom is -0.360 e. The van der Waals surface area contributed by atoms with E-state index in [1.807, 2.05) is 27.9 Å². The van der Waals surface area contributed by atoms with Crippen LogP contribution in [0.15, 0.2) is 29.0 Å². The van der Waals surface area contributed by atoms with E-state index >= 15 is 0 Å². The molecule has 0 unspecified atom stereocenters. The molecule has 0 bridgehead atoms. The lowest BCUT2D eigenvalue weighted by molar-refractivity contribution is 0.0711. The van der Waals surface area contributed by atoms with E-state index in [-0.39, 0.29) is 11.9 Å². The zero-order valence-electron chi connectivity index (χ0n) is 11.8. The molecule has 0 N–H and O–H groups in total. The van der Waals surface area contributed by atoms with Crippen LogP contribution < -0.4 is 0 Å². The molecule has 2 aromatic rings. The summed E-state index contributed by atoms with van der Waals surface area (Å²) >= 11 is 0. The van der Waals surface area contributed by atoms with Gasteiger partial charge in [0.15, 0.2) is 5.69 Å². The molecule has 1 saturated carbocycles. The Bertz CT molecular complexity index is 630. The van der Waals surface area contributed by atoms with E-state index in [0.29, 0.717) is 11.6 Å². The van der Waals surface area contributed by atoms with Crippen LogP contribution in [-0.4, -0.2) is 38.3 Å². The summed E-state index contributed by atoms with van der Waals surface area (Å²) in [5.41, 5.74) is 0.448. The highest BCUT2D eigenvalue weighted by molar-refractivity contribution is 5.92. The lowest BCUT2D eigenvalue weighted by atomic mass is 10.2. The average molecular weight is 286 g/mol. The van der Waals surface area contributed by atoms with Gasteiger partial charge in [-0.15, -0.1) is 0 Å². The third-order valence-corrected chi connectivity index (χ3v) is 4.32. The minimum absolute atomic E-state index is 0.0136. The first-order valence-electron chi connectivity index (χ1n) is 7.56. The number of likely N-dealkylation sites (tertiary alicyclic amines) is 1. The molecule has 3 heterocycles. The third-order valence-electron chi connectivity index (χ3n) is 4.32. The molecule has 1 aliphatic carbocycles. The first-order chi connectivity index (χ1) is 10.3. The van der Waals surface area contributed by atoms with Crippen molar-refractivity contribution >= 4 is 5.91 Å². The maximum atomic E-state index is 12.6. The quantitative estimate of drug-likeness (QED) is 0.863. The summed E-state index contributed by atoms with van der Waals surface area (Å²) in [6.45, 7) is 1.53. The number of nitrogens with zero attached hydrogens (tertiary/aromatic N) is 4. The van der Waals surface area contributed by atoms with Crippen molar-refractivity contribution in [2.24, 2.45) is 0 Å². The molecule has 2 aromatic heterocycles. The molecule has 2 aliphatic rings. The van der Waals surface area contributed by atoms with E-state index in [0.717, 1.165) is 44.5 Å². The summed E-state index contributed by atoms with van der Waals surface area (Å²) in [6, 6.07) is 3.92. The molecule has 2 fully saturated rings. The van der Waals surface area contributed by atoms with Crippen molar-refractivity contribution in [3.63, 3.8) is 0 Å². The number of carbonyl (C=O) groups excluding carboxylic acids is 1. The molecular formula is C15H18N4O2. The number of amides is 1. The van der Waals surface area contributed by atoms with Crippen LogP contribution in [0.3, 0.4) is 0 Å². The summed E-state index contributed by atoms with van der Waals surface area (Å²) in [5.74, 6) is 1.33. The molecule has 21 heavy (non-hydrogen) atoms. The van der Waals surface area contributed by atoms with Crippen LogP contribution in [0.5, 0.6) is 0 Å². The van der Waals surface area contributed by atoms with Crippen LogP contribution in [0, 0.1) is 0 Å². The Morgan fingerprint density at radius 3 is 3.05 bits per heavy atom. The fraction of sp³-hybridized carbons (Fsp3) is 0.533. The highest BCUT2D eigenvalue weighted by Gasteiger charge is 2.33. The van der Waals surface area contributed by atoms with Gasteiger partial charge in [0, 0.05) is 30.9 Å². The molecule has 6 heteroatoms. The van der Waals surface area contributed by atoms with Gasteiger partial charge in [-0.1, -0.05) is 5.16 Å². The normalized spacial score (nSPS) is 21.9. The summed E-state index contributed by atoms with van der Waals surface area (Å²) in [4.78, 5) is 14.5. The maximum Gasteiger partial charge on any atom is 0.276 e. The number of hydrogen-bond acceptors (Lipinski definition) is 4. The maximum absolute atomic E-state index is 12.6. The second kappa shape index (κ2) is 5.02.